The van der Waals surface area contributed by atoms with Gasteiger partial charge in [0.25, 0.3) is 5.91 Å². The molecule has 1 aromatic heterocycles. The number of fused-ring (bicyclic) bond motifs is 2. The topological polar surface area (TPSA) is 77.7 Å². The van der Waals surface area contributed by atoms with Crippen LogP contribution in [0.5, 0.6) is 0 Å². The molecular formula is C21H32ClN3O3. The summed E-state index contributed by atoms with van der Waals surface area (Å²) in [5.74, 6) is 1.12. The third kappa shape index (κ3) is 3.92. The Morgan fingerprint density at radius 3 is 2.57 bits per heavy atom. The number of ether oxygens (including phenoxy) is 2. The minimum Gasteiger partial charge on any atom is -0.381 e. The van der Waals surface area contributed by atoms with Crippen LogP contribution in [-0.4, -0.2) is 55.7 Å². The van der Waals surface area contributed by atoms with E-state index in [0.717, 1.165) is 50.6 Å². The second-order valence-electron chi connectivity index (χ2n) is 8.39. The van der Waals surface area contributed by atoms with Gasteiger partial charge < -0.3 is 20.1 Å². The highest BCUT2D eigenvalue weighted by molar-refractivity contribution is 5.90. The van der Waals surface area contributed by atoms with E-state index in [1.54, 1.807) is 6.20 Å². The summed E-state index contributed by atoms with van der Waals surface area (Å²) in [6.45, 7) is 5.07. The molecule has 2 bridgehead atoms. The number of methoxy groups -OCH3 is 1. The van der Waals surface area contributed by atoms with Crippen LogP contribution in [-0.2, 0) is 15.1 Å². The van der Waals surface area contributed by atoms with Crippen molar-refractivity contribution < 1.29 is 14.3 Å². The highest BCUT2D eigenvalue weighted by atomic mass is 35.5. The number of halogens is 1. The normalized spacial score (nSPS) is 31.2. The summed E-state index contributed by atoms with van der Waals surface area (Å²) in [4.78, 5) is 18.4. The average Bonchev–Trinajstić information content (AvgIpc) is 2.68. The lowest BCUT2D eigenvalue weighted by Gasteiger charge is -2.56. The van der Waals surface area contributed by atoms with Crippen LogP contribution in [0.2, 0.25) is 0 Å². The van der Waals surface area contributed by atoms with E-state index >= 15 is 0 Å². The number of nitrogens with zero attached hydrogens (tertiary/aromatic N) is 2. The van der Waals surface area contributed by atoms with E-state index in [2.05, 4.69) is 9.88 Å². The summed E-state index contributed by atoms with van der Waals surface area (Å²) in [5.41, 5.74) is 6.53. The summed E-state index contributed by atoms with van der Waals surface area (Å²) in [5, 5.41) is 0. The summed E-state index contributed by atoms with van der Waals surface area (Å²) < 4.78 is 11.8. The quantitative estimate of drug-likeness (QED) is 0.808. The second-order valence-corrected chi connectivity index (χ2v) is 8.39. The maximum atomic E-state index is 11.6. The molecule has 2 saturated heterocycles. The number of aromatic nitrogens is 1. The molecule has 1 aromatic rings. The van der Waals surface area contributed by atoms with Crippen LogP contribution in [0.3, 0.4) is 0 Å². The van der Waals surface area contributed by atoms with Crippen molar-refractivity contribution in [1.82, 2.24) is 9.88 Å². The number of nitrogens with two attached hydrogens (primary N) is 1. The molecule has 0 radical (unpaired) electrons. The molecule has 3 aliphatic rings. The van der Waals surface area contributed by atoms with Gasteiger partial charge in [-0.1, -0.05) is 6.42 Å². The zero-order valence-electron chi connectivity index (χ0n) is 16.6. The van der Waals surface area contributed by atoms with Gasteiger partial charge in [-0.25, -0.2) is 0 Å². The summed E-state index contributed by atoms with van der Waals surface area (Å²) in [6.07, 6.45) is 7.60. The van der Waals surface area contributed by atoms with Crippen molar-refractivity contribution in [3.63, 3.8) is 0 Å². The van der Waals surface area contributed by atoms with E-state index in [1.165, 1.54) is 25.8 Å². The summed E-state index contributed by atoms with van der Waals surface area (Å²) in [7, 11) is 1.82. The standard InChI is InChI=1S/C21H31N3O3.ClH/c1-26-21(16-5-8-23-19(11-16)20(22)25)17-3-2-4-18(21)14-24(13-17)12-15-6-9-27-10-7-15;/h5,8,11,15,17-18H,2-4,6-7,9-10,12-14H2,1H3,(H2,22,25);1H/t17-,18+,21-;. The predicted molar refractivity (Wildman–Crippen MR) is 110 cm³/mol. The lowest BCUT2D eigenvalue weighted by molar-refractivity contribution is -0.171. The van der Waals surface area contributed by atoms with E-state index < -0.39 is 5.91 Å². The molecule has 4 rings (SSSR count). The zero-order valence-corrected chi connectivity index (χ0v) is 17.5. The molecule has 0 unspecified atom stereocenters. The average molecular weight is 410 g/mol. The van der Waals surface area contributed by atoms with Crippen molar-refractivity contribution in [3.8, 4) is 0 Å². The molecule has 3 heterocycles. The highest BCUT2D eigenvalue weighted by Gasteiger charge is 2.53. The fraction of sp³-hybridized carbons (Fsp3) is 0.714. The molecule has 0 aromatic carbocycles. The largest absolute Gasteiger partial charge is 0.381 e. The number of rotatable bonds is 5. The third-order valence-electron chi connectivity index (χ3n) is 6.93. The van der Waals surface area contributed by atoms with Crippen LogP contribution in [0.1, 0.15) is 48.2 Å². The molecule has 2 aliphatic heterocycles. The predicted octanol–water partition coefficient (Wildman–Crippen LogP) is 2.60. The molecular weight excluding hydrogens is 378 g/mol. The smallest absolute Gasteiger partial charge is 0.267 e. The number of primary amides is 1. The number of hydrogen-bond donors (Lipinski definition) is 1. The lowest BCUT2D eigenvalue weighted by Crippen LogP contribution is -2.59. The van der Waals surface area contributed by atoms with Gasteiger partial charge in [-0.3, -0.25) is 9.78 Å². The minimum absolute atomic E-state index is 0. The van der Waals surface area contributed by atoms with Crippen LogP contribution in [0.15, 0.2) is 18.3 Å². The van der Waals surface area contributed by atoms with Crippen LogP contribution >= 0.6 is 12.4 Å². The molecule has 3 atom stereocenters. The first-order chi connectivity index (χ1) is 13.1. The lowest BCUT2D eigenvalue weighted by atomic mass is 9.62. The SMILES string of the molecule is CO[C@]1(c2ccnc(C(N)=O)c2)[C@@H]2CCC[C@H]1CN(CC1CCOCC1)C2.Cl. The van der Waals surface area contributed by atoms with Crippen LogP contribution in [0.25, 0.3) is 0 Å². The number of carbonyl (C=O) groups excluding carboxylic acids is 1. The van der Waals surface area contributed by atoms with Gasteiger partial charge in [0.05, 0.1) is 0 Å². The highest BCUT2D eigenvalue weighted by Crippen LogP contribution is 2.51. The Labute approximate surface area is 173 Å². The Morgan fingerprint density at radius 2 is 1.96 bits per heavy atom. The Balaban J connectivity index is 0.00000225. The van der Waals surface area contributed by atoms with Crippen LogP contribution in [0.4, 0.5) is 0 Å². The van der Waals surface area contributed by atoms with Crippen LogP contribution < -0.4 is 5.73 Å². The number of pyridine rings is 1. The van der Waals surface area contributed by atoms with Gasteiger partial charge >= 0.3 is 0 Å². The maximum absolute atomic E-state index is 11.6. The van der Waals surface area contributed by atoms with Gasteiger partial charge in [-0.2, -0.15) is 0 Å². The fourth-order valence-electron chi connectivity index (χ4n) is 5.70. The fourth-order valence-corrected chi connectivity index (χ4v) is 5.70. The van der Waals surface area contributed by atoms with Crippen molar-refractivity contribution in [2.45, 2.75) is 37.7 Å². The van der Waals surface area contributed by atoms with E-state index in [-0.39, 0.29) is 18.0 Å². The number of likely N-dealkylation sites (tertiary alicyclic amines) is 1. The van der Waals surface area contributed by atoms with Crippen molar-refractivity contribution >= 4 is 18.3 Å². The van der Waals surface area contributed by atoms with Gasteiger partial charge in [-0.15, -0.1) is 12.4 Å². The Bertz CT molecular complexity index is 667. The first-order valence-corrected chi connectivity index (χ1v) is 10.2. The van der Waals surface area contributed by atoms with Crippen LogP contribution in [0, 0.1) is 17.8 Å². The van der Waals surface area contributed by atoms with E-state index in [9.17, 15) is 4.79 Å². The monoisotopic (exact) mass is 409 g/mol. The molecule has 28 heavy (non-hydrogen) atoms. The van der Waals surface area contributed by atoms with E-state index in [1.807, 2.05) is 19.2 Å². The third-order valence-corrected chi connectivity index (χ3v) is 6.93. The minimum atomic E-state index is -0.481. The molecule has 2 N–H and O–H groups in total. The summed E-state index contributed by atoms with van der Waals surface area (Å²) in [6, 6.07) is 3.86. The molecule has 1 aliphatic carbocycles. The molecule has 1 amide bonds. The van der Waals surface area contributed by atoms with Crippen molar-refractivity contribution in [3.05, 3.63) is 29.6 Å². The molecule has 6 nitrogen and oxygen atoms in total. The second kappa shape index (κ2) is 9.08. The van der Waals surface area contributed by atoms with Crippen molar-refractivity contribution in [2.75, 3.05) is 40.0 Å². The molecule has 3 fully saturated rings. The Hall–Kier alpha value is -1.21. The van der Waals surface area contributed by atoms with Gasteiger partial charge in [0.1, 0.15) is 11.3 Å². The number of carbonyl (C=O) groups is 1. The first-order valence-electron chi connectivity index (χ1n) is 10.2. The van der Waals surface area contributed by atoms with E-state index in [0.29, 0.717) is 17.5 Å². The van der Waals surface area contributed by atoms with Crippen molar-refractivity contribution in [2.24, 2.45) is 23.5 Å². The molecule has 0 spiro atoms. The van der Waals surface area contributed by atoms with Gasteiger partial charge in [-0.05, 0) is 49.3 Å². The van der Waals surface area contributed by atoms with Gasteiger partial charge in [0, 0.05) is 58.0 Å². The molecule has 1 saturated carbocycles. The number of amides is 1. The first kappa shape index (κ1) is 21.5. The maximum Gasteiger partial charge on any atom is 0.267 e. The molecule has 156 valence electrons. The van der Waals surface area contributed by atoms with Gasteiger partial charge in [0.2, 0.25) is 0 Å². The number of piperidine rings is 1. The number of hydrogen-bond acceptors (Lipinski definition) is 5. The van der Waals surface area contributed by atoms with Gasteiger partial charge in [0.15, 0.2) is 0 Å². The summed E-state index contributed by atoms with van der Waals surface area (Å²) >= 11 is 0. The molecule has 7 heteroatoms. The Morgan fingerprint density at radius 1 is 1.29 bits per heavy atom. The van der Waals surface area contributed by atoms with Crippen molar-refractivity contribution in [1.29, 1.82) is 0 Å². The van der Waals surface area contributed by atoms with E-state index in [4.69, 9.17) is 15.2 Å². The Kier molecular flexibility index (Phi) is 6.97. The zero-order chi connectivity index (χ0) is 18.9.